The first-order valence-corrected chi connectivity index (χ1v) is 10.5. The maximum absolute atomic E-state index is 5.44. The van der Waals surface area contributed by atoms with Crippen LogP contribution in [-0.4, -0.2) is 54.6 Å². The molecule has 0 spiro atoms. The average molecular weight is 484 g/mol. The number of nitrogens with zero attached hydrogens (tertiary/aromatic N) is 5. The third-order valence-corrected chi connectivity index (χ3v) is 5.00. The molecule has 1 aliphatic heterocycles. The van der Waals surface area contributed by atoms with Crippen molar-refractivity contribution in [2.45, 2.75) is 0 Å². The molecule has 2 aromatic carbocycles. The third kappa shape index (κ3) is 5.68. The first-order chi connectivity index (χ1) is 15.2. The van der Waals surface area contributed by atoms with E-state index < -0.39 is 0 Å². The summed E-state index contributed by atoms with van der Waals surface area (Å²) in [5.41, 5.74) is 4.60. The minimum atomic E-state index is 0.333. The van der Waals surface area contributed by atoms with Gasteiger partial charge in [-0.2, -0.15) is 20.1 Å². The minimum absolute atomic E-state index is 0.333. The molecule has 0 amide bonds. The van der Waals surface area contributed by atoms with E-state index in [2.05, 4.69) is 51.6 Å². The Morgan fingerprint density at radius 3 is 2.68 bits per heavy atom. The fraction of sp³-hybridized carbons (Fsp3) is 0.238. The third-order valence-electron chi connectivity index (χ3n) is 4.51. The van der Waals surface area contributed by atoms with Crippen molar-refractivity contribution in [1.82, 2.24) is 15.0 Å². The van der Waals surface area contributed by atoms with Crippen LogP contribution in [0.5, 0.6) is 5.75 Å². The summed E-state index contributed by atoms with van der Waals surface area (Å²) in [6.45, 7) is 2.69. The summed E-state index contributed by atoms with van der Waals surface area (Å²) >= 11 is 3.48. The number of hydrogen-bond donors (Lipinski definition) is 2. The number of rotatable bonds is 7. The number of benzene rings is 2. The Morgan fingerprint density at radius 2 is 1.87 bits per heavy atom. The van der Waals surface area contributed by atoms with Crippen molar-refractivity contribution in [3.63, 3.8) is 0 Å². The van der Waals surface area contributed by atoms with E-state index in [-0.39, 0.29) is 0 Å². The van der Waals surface area contributed by atoms with Crippen LogP contribution >= 0.6 is 15.9 Å². The second kappa shape index (κ2) is 10.2. The lowest BCUT2D eigenvalue weighted by molar-refractivity contribution is 0.122. The van der Waals surface area contributed by atoms with E-state index in [0.717, 1.165) is 21.5 Å². The maximum atomic E-state index is 5.44. The van der Waals surface area contributed by atoms with Crippen molar-refractivity contribution in [3.8, 4) is 5.75 Å². The monoisotopic (exact) mass is 483 g/mol. The van der Waals surface area contributed by atoms with Crippen LogP contribution in [0.1, 0.15) is 5.56 Å². The molecule has 160 valence electrons. The molecule has 0 radical (unpaired) electrons. The lowest BCUT2D eigenvalue weighted by Crippen LogP contribution is -2.37. The van der Waals surface area contributed by atoms with Gasteiger partial charge in [-0.3, -0.25) is 0 Å². The quantitative estimate of drug-likeness (QED) is 0.388. The smallest absolute Gasteiger partial charge is 0.250 e. The van der Waals surface area contributed by atoms with Gasteiger partial charge in [-0.15, -0.1) is 0 Å². The molecular weight excluding hydrogens is 462 g/mol. The molecule has 0 bridgehead atoms. The molecule has 0 unspecified atom stereocenters. The molecule has 3 aromatic rings. The highest BCUT2D eigenvalue weighted by Crippen LogP contribution is 2.21. The first-order valence-electron chi connectivity index (χ1n) is 9.75. The van der Waals surface area contributed by atoms with Gasteiger partial charge in [-0.25, -0.2) is 5.43 Å². The molecule has 0 aliphatic carbocycles. The van der Waals surface area contributed by atoms with Crippen LogP contribution in [0.2, 0.25) is 0 Å². The summed E-state index contributed by atoms with van der Waals surface area (Å²) in [5.74, 6) is 2.05. The molecule has 1 aromatic heterocycles. The van der Waals surface area contributed by atoms with Gasteiger partial charge in [0, 0.05) is 28.8 Å². The highest BCUT2D eigenvalue weighted by Gasteiger charge is 2.16. The second-order valence-electron chi connectivity index (χ2n) is 6.63. The van der Waals surface area contributed by atoms with Crippen LogP contribution in [-0.2, 0) is 4.74 Å². The topological polar surface area (TPSA) is 96.8 Å². The number of anilines is 4. The number of morpholine rings is 1. The van der Waals surface area contributed by atoms with Gasteiger partial charge in [0.05, 0.1) is 26.5 Å². The number of para-hydroxylation sites is 1. The summed E-state index contributed by atoms with van der Waals surface area (Å²) in [4.78, 5) is 15.6. The van der Waals surface area contributed by atoms with Gasteiger partial charge in [0.1, 0.15) is 5.75 Å². The van der Waals surface area contributed by atoms with E-state index in [9.17, 15) is 0 Å². The molecule has 31 heavy (non-hydrogen) atoms. The highest BCUT2D eigenvalue weighted by atomic mass is 79.9. The van der Waals surface area contributed by atoms with Crippen LogP contribution < -0.4 is 20.4 Å². The number of halogens is 1. The number of aromatic nitrogens is 3. The van der Waals surface area contributed by atoms with E-state index >= 15 is 0 Å². The van der Waals surface area contributed by atoms with Gasteiger partial charge in [0.15, 0.2) is 0 Å². The molecule has 9 nitrogen and oxygen atoms in total. The van der Waals surface area contributed by atoms with Gasteiger partial charge in [0.2, 0.25) is 17.8 Å². The zero-order valence-electron chi connectivity index (χ0n) is 17.0. The Morgan fingerprint density at radius 1 is 1.06 bits per heavy atom. The summed E-state index contributed by atoms with van der Waals surface area (Å²) < 4.78 is 11.7. The van der Waals surface area contributed by atoms with Crippen molar-refractivity contribution in [3.05, 3.63) is 58.6 Å². The van der Waals surface area contributed by atoms with Crippen molar-refractivity contribution in [2.24, 2.45) is 5.10 Å². The van der Waals surface area contributed by atoms with Gasteiger partial charge < -0.3 is 19.7 Å². The molecule has 1 saturated heterocycles. The largest absolute Gasteiger partial charge is 0.496 e. The molecule has 4 rings (SSSR count). The van der Waals surface area contributed by atoms with Crippen molar-refractivity contribution < 1.29 is 9.47 Å². The predicted octanol–water partition coefficient (Wildman–Crippen LogP) is 3.67. The Bertz CT molecular complexity index is 1060. The Balaban J connectivity index is 1.58. The lowest BCUT2D eigenvalue weighted by Gasteiger charge is -2.27. The highest BCUT2D eigenvalue weighted by molar-refractivity contribution is 9.10. The molecule has 1 fully saturated rings. The van der Waals surface area contributed by atoms with E-state index in [4.69, 9.17) is 9.47 Å². The Hall–Kier alpha value is -3.24. The molecule has 0 atom stereocenters. The van der Waals surface area contributed by atoms with Crippen molar-refractivity contribution in [2.75, 3.05) is 49.1 Å². The predicted molar refractivity (Wildman–Crippen MR) is 124 cm³/mol. The van der Waals surface area contributed by atoms with Crippen LogP contribution in [0.4, 0.5) is 23.5 Å². The maximum Gasteiger partial charge on any atom is 0.250 e. The van der Waals surface area contributed by atoms with Crippen LogP contribution in [0.3, 0.4) is 0 Å². The zero-order chi connectivity index (χ0) is 21.5. The number of nitrogens with one attached hydrogen (secondary N) is 2. The number of ether oxygens (including phenoxy) is 2. The van der Waals surface area contributed by atoms with Crippen LogP contribution in [0, 0.1) is 0 Å². The Kier molecular flexibility index (Phi) is 6.90. The molecular formula is C21H22BrN7O2. The standard InChI is InChI=1S/C21H22BrN7O2/c1-30-18-8-3-2-5-15(18)14-23-28-20-25-19(24-17-7-4-6-16(22)13-17)26-21(27-20)29-9-11-31-12-10-29/h2-8,13-14H,9-12H2,1H3,(H2,24,25,26,27,28)/b23-14+. The molecule has 10 heteroatoms. The Labute approximate surface area is 188 Å². The van der Waals surface area contributed by atoms with Crippen LogP contribution in [0.15, 0.2) is 58.1 Å². The van der Waals surface area contributed by atoms with Crippen LogP contribution in [0.25, 0.3) is 0 Å². The van der Waals surface area contributed by atoms with Gasteiger partial charge in [-0.1, -0.05) is 34.1 Å². The lowest BCUT2D eigenvalue weighted by atomic mass is 10.2. The first kappa shape index (κ1) is 21.0. The average Bonchev–Trinajstić information content (AvgIpc) is 2.80. The summed E-state index contributed by atoms with van der Waals surface area (Å²) in [5, 5.41) is 7.51. The fourth-order valence-corrected chi connectivity index (χ4v) is 3.40. The molecule has 0 saturated carbocycles. The number of hydrazone groups is 1. The molecule has 1 aliphatic rings. The molecule has 2 N–H and O–H groups in total. The SMILES string of the molecule is COc1ccccc1/C=N/Nc1nc(Nc2cccc(Br)c2)nc(N2CCOCC2)n1. The summed E-state index contributed by atoms with van der Waals surface area (Å²) in [6.07, 6.45) is 1.67. The minimum Gasteiger partial charge on any atom is -0.496 e. The summed E-state index contributed by atoms with van der Waals surface area (Å²) in [6, 6.07) is 15.4. The number of hydrogen-bond acceptors (Lipinski definition) is 9. The van der Waals surface area contributed by atoms with E-state index in [0.29, 0.717) is 44.1 Å². The zero-order valence-corrected chi connectivity index (χ0v) is 18.5. The van der Waals surface area contributed by atoms with E-state index in [1.165, 1.54) is 0 Å². The van der Waals surface area contributed by atoms with Gasteiger partial charge >= 0.3 is 0 Å². The van der Waals surface area contributed by atoms with E-state index in [1.807, 2.05) is 48.5 Å². The normalized spacial score (nSPS) is 13.9. The fourth-order valence-electron chi connectivity index (χ4n) is 3.00. The van der Waals surface area contributed by atoms with Crippen molar-refractivity contribution >= 4 is 45.7 Å². The summed E-state index contributed by atoms with van der Waals surface area (Å²) in [7, 11) is 1.63. The second-order valence-corrected chi connectivity index (χ2v) is 7.55. The van der Waals surface area contributed by atoms with Gasteiger partial charge in [0.25, 0.3) is 0 Å². The van der Waals surface area contributed by atoms with E-state index in [1.54, 1.807) is 13.3 Å². The van der Waals surface area contributed by atoms with Gasteiger partial charge in [-0.05, 0) is 30.3 Å². The number of methoxy groups -OCH3 is 1. The van der Waals surface area contributed by atoms with Crippen molar-refractivity contribution in [1.29, 1.82) is 0 Å². The molecule has 2 heterocycles.